The van der Waals surface area contributed by atoms with Gasteiger partial charge in [-0.15, -0.1) is 0 Å². The van der Waals surface area contributed by atoms with Crippen LogP contribution in [-0.2, 0) is 0 Å². The van der Waals surface area contributed by atoms with Gasteiger partial charge in [0.25, 0.3) is 0 Å². The molecule has 23 heavy (non-hydrogen) atoms. The molecule has 3 rings (SSSR count). The predicted octanol–water partition coefficient (Wildman–Crippen LogP) is 4.38. The molecular weight excluding hydrogens is 333 g/mol. The van der Waals surface area contributed by atoms with E-state index < -0.39 is 73.8 Å². The van der Waals surface area contributed by atoms with Gasteiger partial charge in [0.15, 0.2) is 34.8 Å². The lowest BCUT2D eigenvalue weighted by Crippen LogP contribution is -2.01. The molecule has 0 saturated heterocycles. The highest BCUT2D eigenvalue weighted by atomic mass is 19.2. The Kier molecular flexibility index (Phi) is 3.07. The van der Waals surface area contributed by atoms with E-state index in [1.165, 1.54) is 0 Å². The third-order valence-corrected chi connectivity index (χ3v) is 3.40. The Balaban J connectivity index is 2.73. The van der Waals surface area contributed by atoms with Gasteiger partial charge in [-0.2, -0.15) is 8.78 Å². The first-order valence-corrected chi connectivity index (χ1v) is 5.85. The molecule has 0 saturated carbocycles. The van der Waals surface area contributed by atoms with Crippen molar-refractivity contribution in [2.24, 2.45) is 0 Å². The van der Waals surface area contributed by atoms with E-state index in [1.807, 2.05) is 0 Å². The van der Waals surface area contributed by atoms with Gasteiger partial charge in [-0.3, -0.25) is 0 Å². The zero-order chi connectivity index (χ0) is 17.2. The summed E-state index contributed by atoms with van der Waals surface area (Å²) in [5.74, 6) is -17.8. The van der Waals surface area contributed by atoms with Gasteiger partial charge in [0.2, 0.25) is 11.6 Å². The Hall–Kier alpha value is -2.71. The summed E-state index contributed by atoms with van der Waals surface area (Å²) in [6.07, 6.45) is 0. The summed E-state index contributed by atoms with van der Waals surface area (Å²) in [6, 6.07) is 0.412. The second-order valence-corrected chi connectivity index (χ2v) is 4.62. The van der Waals surface area contributed by atoms with Crippen LogP contribution in [0.2, 0.25) is 0 Å². The number of aromatic hydroxyl groups is 2. The van der Waals surface area contributed by atoms with Crippen LogP contribution < -0.4 is 0 Å². The van der Waals surface area contributed by atoms with Crippen LogP contribution in [0, 0.1) is 40.7 Å². The first kappa shape index (κ1) is 15.2. The molecule has 0 amide bonds. The fourth-order valence-corrected chi connectivity index (χ4v) is 2.31. The van der Waals surface area contributed by atoms with Crippen LogP contribution in [0.3, 0.4) is 0 Å². The van der Waals surface area contributed by atoms with Crippen molar-refractivity contribution in [3.05, 3.63) is 46.8 Å². The van der Waals surface area contributed by atoms with E-state index in [0.29, 0.717) is 6.07 Å². The quantitative estimate of drug-likeness (QED) is 0.363. The van der Waals surface area contributed by atoms with Crippen LogP contribution >= 0.6 is 0 Å². The van der Waals surface area contributed by atoms with E-state index >= 15 is 0 Å². The summed E-state index contributed by atoms with van der Waals surface area (Å²) >= 11 is 0. The number of benzene rings is 3. The molecule has 120 valence electrons. The van der Waals surface area contributed by atoms with Crippen molar-refractivity contribution in [2.45, 2.75) is 0 Å². The highest BCUT2D eigenvalue weighted by Crippen LogP contribution is 2.42. The number of hydrogen-bond donors (Lipinski definition) is 2. The lowest BCUT2D eigenvalue weighted by atomic mass is 9.99. The third-order valence-electron chi connectivity index (χ3n) is 3.40. The van der Waals surface area contributed by atoms with Gasteiger partial charge < -0.3 is 10.2 Å². The molecule has 3 aromatic rings. The van der Waals surface area contributed by atoms with Crippen LogP contribution in [0.5, 0.6) is 11.5 Å². The van der Waals surface area contributed by atoms with Gasteiger partial charge in [-0.05, 0) is 6.07 Å². The first-order valence-electron chi connectivity index (χ1n) is 5.85. The molecule has 0 aliphatic heterocycles. The molecule has 9 heteroatoms. The summed E-state index contributed by atoms with van der Waals surface area (Å²) in [4.78, 5) is 0. The van der Waals surface area contributed by atoms with Crippen LogP contribution in [0.15, 0.2) is 6.07 Å². The number of phenolic OH excluding ortho intramolecular Hbond substituents is 2. The van der Waals surface area contributed by atoms with Crippen molar-refractivity contribution in [3.8, 4) is 11.5 Å². The Labute approximate surface area is 122 Å². The molecule has 0 atom stereocenters. The monoisotopic (exact) mass is 336 g/mol. The number of phenols is 2. The molecule has 0 unspecified atom stereocenters. The number of hydrogen-bond acceptors (Lipinski definition) is 2. The van der Waals surface area contributed by atoms with Crippen molar-refractivity contribution in [1.29, 1.82) is 0 Å². The van der Waals surface area contributed by atoms with Gasteiger partial charge in [0, 0.05) is 10.8 Å². The maximum absolute atomic E-state index is 14.3. The Morgan fingerprint density at radius 2 is 0.826 bits per heavy atom. The molecule has 0 heterocycles. The second-order valence-electron chi connectivity index (χ2n) is 4.62. The molecule has 0 radical (unpaired) electrons. The molecule has 2 N–H and O–H groups in total. The Morgan fingerprint density at radius 1 is 0.478 bits per heavy atom. The molecule has 0 aliphatic rings. The van der Waals surface area contributed by atoms with Crippen molar-refractivity contribution < 1.29 is 40.9 Å². The van der Waals surface area contributed by atoms with E-state index in [0.717, 1.165) is 0 Å². The summed E-state index contributed by atoms with van der Waals surface area (Å²) < 4.78 is 94.9. The molecule has 0 fully saturated rings. The minimum absolute atomic E-state index is 0.412. The zero-order valence-corrected chi connectivity index (χ0v) is 10.6. The van der Waals surface area contributed by atoms with E-state index in [9.17, 15) is 40.9 Å². The predicted molar refractivity (Wildman–Crippen MR) is 64.5 cm³/mol. The van der Waals surface area contributed by atoms with Gasteiger partial charge in [-0.25, -0.2) is 22.0 Å². The summed E-state index contributed by atoms with van der Waals surface area (Å²) in [5.41, 5.74) is 0. The van der Waals surface area contributed by atoms with Crippen LogP contribution in [0.1, 0.15) is 0 Å². The smallest absolute Gasteiger partial charge is 0.204 e. The topological polar surface area (TPSA) is 40.5 Å². The van der Waals surface area contributed by atoms with Crippen molar-refractivity contribution in [3.63, 3.8) is 0 Å². The van der Waals surface area contributed by atoms with Gasteiger partial charge >= 0.3 is 0 Å². The Bertz CT molecular complexity index is 936. The normalized spacial score (nSPS) is 11.6. The summed E-state index contributed by atoms with van der Waals surface area (Å²) in [5, 5.41) is 14.1. The van der Waals surface area contributed by atoms with Gasteiger partial charge in [0.1, 0.15) is 5.82 Å². The minimum atomic E-state index is -2.24. The number of fused-ring (bicyclic) bond motifs is 2. The average Bonchev–Trinajstić information content (AvgIpc) is 2.53. The van der Waals surface area contributed by atoms with Crippen LogP contribution in [0.25, 0.3) is 21.5 Å². The lowest BCUT2D eigenvalue weighted by molar-refractivity contribution is 0.391. The van der Waals surface area contributed by atoms with Crippen LogP contribution in [0.4, 0.5) is 30.7 Å². The van der Waals surface area contributed by atoms with Crippen molar-refractivity contribution >= 4 is 21.5 Å². The van der Waals surface area contributed by atoms with E-state index in [2.05, 4.69) is 0 Å². The van der Waals surface area contributed by atoms with Crippen molar-refractivity contribution in [1.82, 2.24) is 0 Å². The van der Waals surface area contributed by atoms with Gasteiger partial charge in [0.05, 0.1) is 10.8 Å². The fraction of sp³-hybridized carbons (Fsp3) is 0. The van der Waals surface area contributed by atoms with Crippen molar-refractivity contribution in [2.75, 3.05) is 0 Å². The number of halogens is 7. The van der Waals surface area contributed by atoms with E-state index in [4.69, 9.17) is 0 Å². The largest absolute Gasteiger partial charge is 0.504 e. The summed E-state index contributed by atoms with van der Waals surface area (Å²) in [7, 11) is 0. The third kappa shape index (κ3) is 1.76. The standard InChI is InChI=1S/C14H3F7O2/c15-6-4-2(13(22)11(20)9(18)7(4)16)1-3-5(6)8(17)10(19)12(21)14(3)23/h1,22-23H. The number of rotatable bonds is 0. The highest BCUT2D eigenvalue weighted by Gasteiger charge is 2.28. The zero-order valence-electron chi connectivity index (χ0n) is 10.6. The molecule has 2 nitrogen and oxygen atoms in total. The SMILES string of the molecule is Oc1c(F)c(F)c(F)c2c(F)c3c(F)c(F)c(F)c(O)c3cc12. The molecule has 0 bridgehead atoms. The average molecular weight is 336 g/mol. The fourth-order valence-electron chi connectivity index (χ4n) is 2.31. The maximum atomic E-state index is 14.3. The minimum Gasteiger partial charge on any atom is -0.504 e. The molecule has 0 aromatic heterocycles. The second kappa shape index (κ2) is 4.64. The Morgan fingerprint density at radius 3 is 1.17 bits per heavy atom. The summed E-state index contributed by atoms with van der Waals surface area (Å²) in [6.45, 7) is 0. The van der Waals surface area contributed by atoms with Crippen LogP contribution in [-0.4, -0.2) is 10.2 Å². The molecule has 0 aliphatic carbocycles. The molecule has 3 aromatic carbocycles. The maximum Gasteiger partial charge on any atom is 0.204 e. The first-order chi connectivity index (χ1) is 10.7. The highest BCUT2D eigenvalue weighted by molar-refractivity contribution is 6.04. The molecular formula is C14H3F7O2. The van der Waals surface area contributed by atoms with Gasteiger partial charge in [-0.1, -0.05) is 0 Å². The van der Waals surface area contributed by atoms with E-state index in [1.54, 1.807) is 0 Å². The lowest BCUT2D eigenvalue weighted by Gasteiger charge is -2.12. The molecule has 0 spiro atoms. The van der Waals surface area contributed by atoms with E-state index in [-0.39, 0.29) is 0 Å².